The van der Waals surface area contributed by atoms with Gasteiger partial charge in [0, 0.05) is 0 Å². The van der Waals surface area contributed by atoms with E-state index in [0.29, 0.717) is 5.95 Å². The Balaban J connectivity index is 1.83. The molecule has 0 atom stereocenters. The molecule has 1 heterocycles. The summed E-state index contributed by atoms with van der Waals surface area (Å²) in [6.07, 6.45) is 0.776. The lowest BCUT2D eigenvalue weighted by Crippen LogP contribution is -2.03. The molecule has 0 bridgehead atoms. The number of para-hydroxylation sites is 2. The minimum absolute atomic E-state index is 0.249. The Bertz CT molecular complexity index is 741. The number of aromatic nitrogens is 2. The molecule has 0 aliphatic rings. The fourth-order valence-electron chi connectivity index (χ4n) is 2.13. The molecule has 0 spiro atoms. The van der Waals surface area contributed by atoms with Gasteiger partial charge in [0.15, 0.2) is 0 Å². The number of anilines is 1. The van der Waals surface area contributed by atoms with E-state index in [1.165, 1.54) is 0 Å². The molecule has 21 heavy (non-hydrogen) atoms. The van der Waals surface area contributed by atoms with Gasteiger partial charge in [-0.2, -0.15) is 5.10 Å². The van der Waals surface area contributed by atoms with Crippen molar-refractivity contribution in [1.82, 2.24) is 9.97 Å². The fourth-order valence-corrected chi connectivity index (χ4v) is 2.13. The van der Waals surface area contributed by atoms with Gasteiger partial charge in [-0.05, 0) is 48.4 Å². The Morgan fingerprint density at radius 1 is 1.19 bits per heavy atom. The summed E-state index contributed by atoms with van der Waals surface area (Å²) >= 11 is 0. The maximum Gasteiger partial charge on any atom is 0.222 e. The number of aromatic amines is 1. The van der Waals surface area contributed by atoms with Crippen molar-refractivity contribution >= 4 is 22.7 Å². The number of H-pyrrole nitrogens is 1. The van der Waals surface area contributed by atoms with Crippen LogP contribution in [-0.4, -0.2) is 20.8 Å². The number of benzene rings is 2. The van der Waals surface area contributed by atoms with Crippen molar-refractivity contribution in [2.75, 3.05) is 5.43 Å². The molecule has 0 unspecified atom stereocenters. The zero-order chi connectivity index (χ0) is 14.7. The highest BCUT2D eigenvalue weighted by molar-refractivity contribution is 6.00. The van der Waals surface area contributed by atoms with Gasteiger partial charge in [-0.1, -0.05) is 19.1 Å². The average Bonchev–Trinajstić information content (AvgIpc) is 2.92. The third kappa shape index (κ3) is 2.86. The van der Waals surface area contributed by atoms with Crippen LogP contribution in [-0.2, 0) is 0 Å². The van der Waals surface area contributed by atoms with E-state index in [-0.39, 0.29) is 5.75 Å². The van der Waals surface area contributed by atoms with E-state index < -0.39 is 0 Å². The third-order valence-corrected chi connectivity index (χ3v) is 3.22. The first-order valence-corrected chi connectivity index (χ1v) is 6.83. The zero-order valence-electron chi connectivity index (χ0n) is 11.7. The quantitative estimate of drug-likeness (QED) is 0.506. The summed E-state index contributed by atoms with van der Waals surface area (Å²) in [6.45, 7) is 2.03. The van der Waals surface area contributed by atoms with Gasteiger partial charge in [-0.15, -0.1) is 0 Å². The zero-order valence-corrected chi connectivity index (χ0v) is 11.7. The van der Waals surface area contributed by atoms with E-state index in [1.807, 2.05) is 43.3 Å². The minimum Gasteiger partial charge on any atom is -0.508 e. The summed E-state index contributed by atoms with van der Waals surface area (Å²) in [5.41, 5.74) is 6.70. The number of imidazole rings is 1. The lowest BCUT2D eigenvalue weighted by atomic mass is 10.1. The molecule has 3 aromatic rings. The Morgan fingerprint density at radius 2 is 1.95 bits per heavy atom. The first-order valence-electron chi connectivity index (χ1n) is 6.83. The number of aromatic hydroxyl groups is 1. The van der Waals surface area contributed by atoms with Crippen LogP contribution in [0.2, 0.25) is 0 Å². The van der Waals surface area contributed by atoms with Gasteiger partial charge >= 0.3 is 0 Å². The number of rotatable bonds is 4. The number of phenolic OH excluding ortho intramolecular Hbond substituents is 1. The van der Waals surface area contributed by atoms with Crippen molar-refractivity contribution in [2.24, 2.45) is 5.10 Å². The number of phenols is 1. The van der Waals surface area contributed by atoms with E-state index in [1.54, 1.807) is 12.1 Å². The maximum absolute atomic E-state index is 9.33. The van der Waals surface area contributed by atoms with Gasteiger partial charge in [-0.3, -0.25) is 0 Å². The Hall–Kier alpha value is -2.82. The van der Waals surface area contributed by atoms with Gasteiger partial charge in [0.1, 0.15) is 5.75 Å². The summed E-state index contributed by atoms with van der Waals surface area (Å²) in [6, 6.07) is 14.8. The summed E-state index contributed by atoms with van der Waals surface area (Å²) in [7, 11) is 0. The van der Waals surface area contributed by atoms with Crippen LogP contribution in [0.4, 0.5) is 5.95 Å². The Kier molecular flexibility index (Phi) is 3.55. The van der Waals surface area contributed by atoms with Crippen molar-refractivity contribution in [3.63, 3.8) is 0 Å². The molecule has 0 radical (unpaired) electrons. The van der Waals surface area contributed by atoms with Crippen LogP contribution in [0, 0.1) is 0 Å². The van der Waals surface area contributed by atoms with E-state index in [4.69, 9.17) is 0 Å². The van der Waals surface area contributed by atoms with Crippen molar-refractivity contribution < 1.29 is 5.11 Å². The molecular formula is C16H16N4O. The standard InChI is InChI=1S/C16H16N4O/c1-2-13(11-7-9-12(21)10-8-11)19-20-16-17-14-5-3-4-6-15(14)18-16/h3-10,21H,2H2,1H3,(H2,17,18,20). The van der Waals surface area contributed by atoms with Crippen molar-refractivity contribution in [3.8, 4) is 5.75 Å². The lowest BCUT2D eigenvalue weighted by molar-refractivity contribution is 0.475. The van der Waals surface area contributed by atoms with Crippen molar-refractivity contribution in [3.05, 3.63) is 54.1 Å². The number of hydrogen-bond acceptors (Lipinski definition) is 4. The second-order valence-corrected chi connectivity index (χ2v) is 4.67. The summed E-state index contributed by atoms with van der Waals surface area (Å²) in [5.74, 6) is 0.861. The summed E-state index contributed by atoms with van der Waals surface area (Å²) in [5, 5.41) is 13.7. The van der Waals surface area contributed by atoms with Gasteiger partial charge < -0.3 is 10.1 Å². The predicted octanol–water partition coefficient (Wildman–Crippen LogP) is 3.49. The van der Waals surface area contributed by atoms with E-state index in [9.17, 15) is 5.11 Å². The highest BCUT2D eigenvalue weighted by Gasteiger charge is 2.03. The molecule has 3 N–H and O–H groups in total. The highest BCUT2D eigenvalue weighted by atomic mass is 16.3. The maximum atomic E-state index is 9.33. The van der Waals surface area contributed by atoms with Gasteiger partial charge in [0.25, 0.3) is 0 Å². The molecule has 5 heteroatoms. The molecule has 0 saturated carbocycles. The van der Waals surface area contributed by atoms with Crippen LogP contribution < -0.4 is 5.43 Å². The monoisotopic (exact) mass is 280 g/mol. The number of nitrogens with zero attached hydrogens (tertiary/aromatic N) is 2. The molecular weight excluding hydrogens is 264 g/mol. The first kappa shape index (κ1) is 13.2. The van der Waals surface area contributed by atoms with Crippen LogP contribution in [0.1, 0.15) is 18.9 Å². The van der Waals surface area contributed by atoms with Crippen molar-refractivity contribution in [2.45, 2.75) is 13.3 Å². The largest absolute Gasteiger partial charge is 0.508 e. The summed E-state index contributed by atoms with van der Waals surface area (Å²) < 4.78 is 0. The van der Waals surface area contributed by atoms with E-state index in [0.717, 1.165) is 28.7 Å². The number of hydrazone groups is 1. The average molecular weight is 280 g/mol. The molecule has 106 valence electrons. The number of nitrogens with one attached hydrogen (secondary N) is 2. The first-order chi connectivity index (χ1) is 10.3. The van der Waals surface area contributed by atoms with Crippen molar-refractivity contribution in [1.29, 1.82) is 0 Å². The van der Waals surface area contributed by atoms with Gasteiger partial charge in [-0.25, -0.2) is 10.4 Å². The smallest absolute Gasteiger partial charge is 0.222 e. The molecule has 3 rings (SSSR count). The molecule has 1 aromatic heterocycles. The molecule has 2 aromatic carbocycles. The van der Waals surface area contributed by atoms with E-state index in [2.05, 4.69) is 20.5 Å². The Morgan fingerprint density at radius 3 is 2.67 bits per heavy atom. The predicted molar refractivity (Wildman–Crippen MR) is 84.7 cm³/mol. The number of hydrogen-bond donors (Lipinski definition) is 3. The number of fused-ring (bicyclic) bond motifs is 1. The molecule has 0 fully saturated rings. The van der Waals surface area contributed by atoms with Crippen LogP contribution in [0.25, 0.3) is 11.0 Å². The van der Waals surface area contributed by atoms with Crippen LogP contribution in [0.15, 0.2) is 53.6 Å². The molecule has 0 saturated heterocycles. The normalized spacial score (nSPS) is 11.8. The molecule has 5 nitrogen and oxygen atoms in total. The SMILES string of the molecule is CCC(=NNc1nc2ccccc2[nH]1)c1ccc(O)cc1. The summed E-state index contributed by atoms with van der Waals surface area (Å²) in [4.78, 5) is 7.58. The second kappa shape index (κ2) is 5.66. The van der Waals surface area contributed by atoms with Gasteiger partial charge in [0.2, 0.25) is 5.95 Å². The van der Waals surface area contributed by atoms with Crippen LogP contribution in [0.3, 0.4) is 0 Å². The molecule has 0 aliphatic heterocycles. The second-order valence-electron chi connectivity index (χ2n) is 4.67. The lowest BCUT2D eigenvalue weighted by Gasteiger charge is -2.04. The van der Waals surface area contributed by atoms with Crippen LogP contribution >= 0.6 is 0 Å². The van der Waals surface area contributed by atoms with Gasteiger partial charge in [0.05, 0.1) is 16.7 Å². The molecule has 0 aliphatic carbocycles. The highest BCUT2D eigenvalue weighted by Crippen LogP contribution is 2.15. The topological polar surface area (TPSA) is 73.3 Å². The fraction of sp³-hybridized carbons (Fsp3) is 0.125. The molecule has 0 amide bonds. The minimum atomic E-state index is 0.249. The third-order valence-electron chi connectivity index (χ3n) is 3.22. The van der Waals surface area contributed by atoms with E-state index >= 15 is 0 Å². The Labute approximate surface area is 122 Å². The van der Waals surface area contributed by atoms with Crippen LogP contribution in [0.5, 0.6) is 5.75 Å².